The molecule has 1 aliphatic carbocycles. The standard InChI is InChI=1S/C15H21ClFNS/c1-18-12(10-19-13-4-2-3-5-13)8-11-6-7-14(16)15(17)9-11/h6-7,9,12-13,18H,2-5,8,10H2,1H3. The van der Waals surface area contributed by atoms with Gasteiger partial charge in [0.2, 0.25) is 0 Å². The maximum atomic E-state index is 13.4. The highest BCUT2D eigenvalue weighted by Crippen LogP contribution is 2.30. The van der Waals surface area contributed by atoms with Gasteiger partial charge in [0.1, 0.15) is 5.82 Å². The van der Waals surface area contributed by atoms with Gasteiger partial charge in [-0.2, -0.15) is 11.8 Å². The van der Waals surface area contributed by atoms with E-state index in [1.54, 1.807) is 12.1 Å². The molecule has 1 unspecified atom stereocenters. The minimum absolute atomic E-state index is 0.199. The highest BCUT2D eigenvalue weighted by atomic mass is 35.5. The molecule has 106 valence electrons. The molecule has 0 saturated heterocycles. The summed E-state index contributed by atoms with van der Waals surface area (Å²) in [4.78, 5) is 0. The first-order chi connectivity index (χ1) is 9.19. The summed E-state index contributed by atoms with van der Waals surface area (Å²) in [5.74, 6) is 0.767. The Morgan fingerprint density at radius 1 is 1.42 bits per heavy atom. The number of nitrogens with one attached hydrogen (secondary N) is 1. The molecule has 1 atom stereocenters. The molecule has 1 aromatic carbocycles. The predicted molar refractivity (Wildman–Crippen MR) is 82.7 cm³/mol. The Morgan fingerprint density at radius 3 is 2.79 bits per heavy atom. The van der Waals surface area contributed by atoms with E-state index in [1.807, 2.05) is 13.1 Å². The summed E-state index contributed by atoms with van der Waals surface area (Å²) in [5.41, 5.74) is 1.01. The molecule has 0 bridgehead atoms. The van der Waals surface area contributed by atoms with Crippen LogP contribution in [0.3, 0.4) is 0 Å². The van der Waals surface area contributed by atoms with Crippen molar-refractivity contribution in [3.63, 3.8) is 0 Å². The number of hydrogen-bond donors (Lipinski definition) is 1. The lowest BCUT2D eigenvalue weighted by Gasteiger charge is -2.18. The van der Waals surface area contributed by atoms with Crippen molar-refractivity contribution in [1.29, 1.82) is 0 Å². The van der Waals surface area contributed by atoms with Gasteiger partial charge in [-0.05, 0) is 44.0 Å². The molecule has 0 aliphatic heterocycles. The van der Waals surface area contributed by atoms with Crippen LogP contribution in [-0.4, -0.2) is 24.1 Å². The monoisotopic (exact) mass is 301 g/mol. The fourth-order valence-corrected chi connectivity index (χ4v) is 4.08. The van der Waals surface area contributed by atoms with Gasteiger partial charge in [-0.15, -0.1) is 0 Å². The molecular weight excluding hydrogens is 281 g/mol. The molecule has 0 heterocycles. The molecule has 19 heavy (non-hydrogen) atoms. The summed E-state index contributed by atoms with van der Waals surface area (Å²) in [6.45, 7) is 0. The van der Waals surface area contributed by atoms with Gasteiger partial charge in [-0.3, -0.25) is 0 Å². The molecular formula is C15H21ClFNS. The highest BCUT2D eigenvalue weighted by molar-refractivity contribution is 7.99. The Hall–Kier alpha value is -0.250. The third-order valence-corrected chi connectivity index (χ3v) is 5.55. The third-order valence-electron chi connectivity index (χ3n) is 3.71. The second kappa shape index (κ2) is 7.51. The van der Waals surface area contributed by atoms with Crippen LogP contribution in [0.25, 0.3) is 0 Å². The quantitative estimate of drug-likeness (QED) is 0.841. The van der Waals surface area contributed by atoms with Gasteiger partial charge >= 0.3 is 0 Å². The maximum Gasteiger partial charge on any atom is 0.142 e. The van der Waals surface area contributed by atoms with Gasteiger partial charge < -0.3 is 5.32 Å². The van der Waals surface area contributed by atoms with Gasteiger partial charge in [0.25, 0.3) is 0 Å². The lowest BCUT2D eigenvalue weighted by Crippen LogP contribution is -2.30. The molecule has 2 rings (SSSR count). The first kappa shape index (κ1) is 15.1. The van der Waals surface area contributed by atoms with Crippen molar-refractivity contribution in [2.75, 3.05) is 12.8 Å². The minimum Gasteiger partial charge on any atom is -0.316 e. The molecule has 1 aromatic rings. The van der Waals surface area contributed by atoms with Crippen molar-refractivity contribution in [1.82, 2.24) is 5.32 Å². The van der Waals surface area contributed by atoms with Crippen LogP contribution < -0.4 is 5.32 Å². The Labute approximate surface area is 124 Å². The van der Waals surface area contributed by atoms with E-state index in [0.29, 0.717) is 6.04 Å². The zero-order chi connectivity index (χ0) is 13.7. The van der Waals surface area contributed by atoms with Gasteiger partial charge in [0, 0.05) is 17.0 Å². The van der Waals surface area contributed by atoms with Crippen molar-refractivity contribution in [2.45, 2.75) is 43.4 Å². The van der Waals surface area contributed by atoms with Crippen LogP contribution in [0.5, 0.6) is 0 Å². The third kappa shape index (κ3) is 4.66. The number of benzene rings is 1. The van der Waals surface area contributed by atoms with Gasteiger partial charge in [-0.25, -0.2) is 4.39 Å². The first-order valence-electron chi connectivity index (χ1n) is 6.92. The predicted octanol–water partition coefficient (Wildman–Crippen LogP) is 4.29. The average molecular weight is 302 g/mol. The molecule has 4 heteroatoms. The summed E-state index contributed by atoms with van der Waals surface area (Å²) in [5, 5.41) is 4.36. The molecule has 1 fully saturated rings. The smallest absolute Gasteiger partial charge is 0.142 e. The minimum atomic E-state index is -0.322. The SMILES string of the molecule is CNC(CSC1CCCC1)Cc1ccc(Cl)c(F)c1. The molecule has 0 aromatic heterocycles. The van der Waals surface area contributed by atoms with E-state index in [0.717, 1.165) is 23.0 Å². The average Bonchev–Trinajstić information content (AvgIpc) is 2.92. The van der Waals surface area contributed by atoms with E-state index in [-0.39, 0.29) is 10.8 Å². The summed E-state index contributed by atoms with van der Waals surface area (Å²) < 4.78 is 13.4. The number of rotatable bonds is 6. The van der Waals surface area contributed by atoms with Crippen molar-refractivity contribution in [2.24, 2.45) is 0 Å². The first-order valence-corrected chi connectivity index (χ1v) is 8.34. The largest absolute Gasteiger partial charge is 0.316 e. The molecule has 1 N–H and O–H groups in total. The number of hydrogen-bond acceptors (Lipinski definition) is 2. The molecule has 1 nitrogen and oxygen atoms in total. The molecule has 0 spiro atoms. The van der Waals surface area contributed by atoms with E-state index in [4.69, 9.17) is 11.6 Å². The van der Waals surface area contributed by atoms with Crippen LogP contribution in [0.15, 0.2) is 18.2 Å². The van der Waals surface area contributed by atoms with Crippen LogP contribution in [-0.2, 0) is 6.42 Å². The van der Waals surface area contributed by atoms with Crippen LogP contribution in [0, 0.1) is 5.82 Å². The normalized spacial score (nSPS) is 17.8. The fraction of sp³-hybridized carbons (Fsp3) is 0.600. The Morgan fingerprint density at radius 2 is 2.16 bits per heavy atom. The lowest BCUT2D eigenvalue weighted by molar-refractivity contribution is 0.602. The summed E-state index contributed by atoms with van der Waals surface area (Å²) in [6, 6.07) is 5.50. The highest BCUT2D eigenvalue weighted by Gasteiger charge is 2.17. The van der Waals surface area contributed by atoms with Crippen molar-refractivity contribution in [3.05, 3.63) is 34.6 Å². The van der Waals surface area contributed by atoms with Gasteiger partial charge in [-0.1, -0.05) is 30.5 Å². The lowest BCUT2D eigenvalue weighted by atomic mass is 10.1. The van der Waals surface area contributed by atoms with E-state index in [2.05, 4.69) is 17.1 Å². The Kier molecular flexibility index (Phi) is 5.99. The summed E-state index contributed by atoms with van der Waals surface area (Å²) in [7, 11) is 1.98. The van der Waals surface area contributed by atoms with Crippen LogP contribution in [0.1, 0.15) is 31.2 Å². The van der Waals surface area contributed by atoms with Crippen molar-refractivity contribution < 1.29 is 4.39 Å². The van der Waals surface area contributed by atoms with E-state index >= 15 is 0 Å². The fourth-order valence-electron chi connectivity index (χ4n) is 2.50. The van der Waals surface area contributed by atoms with Crippen LogP contribution in [0.2, 0.25) is 5.02 Å². The van der Waals surface area contributed by atoms with Gasteiger partial charge in [0.05, 0.1) is 5.02 Å². The van der Waals surface area contributed by atoms with E-state index in [9.17, 15) is 4.39 Å². The maximum absolute atomic E-state index is 13.4. The van der Waals surface area contributed by atoms with Crippen LogP contribution >= 0.6 is 23.4 Å². The van der Waals surface area contributed by atoms with Crippen molar-refractivity contribution >= 4 is 23.4 Å². The second-order valence-corrected chi connectivity index (χ2v) is 6.92. The number of likely N-dealkylation sites (N-methyl/N-ethyl adjacent to an activating group) is 1. The van der Waals surface area contributed by atoms with Crippen molar-refractivity contribution in [3.8, 4) is 0 Å². The van der Waals surface area contributed by atoms with Crippen LogP contribution in [0.4, 0.5) is 4.39 Å². The summed E-state index contributed by atoms with van der Waals surface area (Å²) >= 11 is 7.76. The topological polar surface area (TPSA) is 12.0 Å². The molecule has 1 saturated carbocycles. The molecule has 0 radical (unpaired) electrons. The zero-order valence-corrected chi connectivity index (χ0v) is 12.9. The van der Waals surface area contributed by atoms with Gasteiger partial charge in [0.15, 0.2) is 0 Å². The van der Waals surface area contributed by atoms with E-state index in [1.165, 1.54) is 25.7 Å². The number of thioether (sulfide) groups is 1. The zero-order valence-electron chi connectivity index (χ0n) is 11.3. The van der Waals surface area contributed by atoms with E-state index < -0.39 is 0 Å². The summed E-state index contributed by atoms with van der Waals surface area (Å²) in [6.07, 6.45) is 6.33. The molecule has 1 aliphatic rings. The Balaban J connectivity index is 1.85. The second-order valence-electron chi connectivity index (χ2n) is 5.18. The molecule has 0 amide bonds. The Bertz CT molecular complexity index is 407. The number of halogens is 2.